The number of carbonyl (C=O) groups excluding carboxylic acids is 1. The van der Waals surface area contributed by atoms with E-state index in [0.717, 1.165) is 22.3 Å². The maximum absolute atomic E-state index is 13.4. The molecule has 0 aliphatic heterocycles. The summed E-state index contributed by atoms with van der Waals surface area (Å²) in [6.45, 7) is 0. The van der Waals surface area contributed by atoms with E-state index >= 15 is 0 Å². The first-order valence-corrected chi connectivity index (χ1v) is 8.24. The minimum Gasteiger partial charge on any atom is -0.497 e. The zero-order chi connectivity index (χ0) is 17.9. The Morgan fingerprint density at radius 1 is 0.923 bits per heavy atom. The van der Waals surface area contributed by atoms with Crippen LogP contribution in [0.5, 0.6) is 5.75 Å². The number of aromatic nitrogens is 2. The van der Waals surface area contributed by atoms with E-state index in [-0.39, 0.29) is 5.91 Å². The number of hydrogen-bond donors (Lipinski definition) is 1. The Morgan fingerprint density at radius 2 is 1.54 bits per heavy atom. The SMILES string of the molecule is COc1ccc2c(C(=O)N(c3ccccc3)c3ccccc3)n[nH]c2c1. The van der Waals surface area contributed by atoms with E-state index in [9.17, 15) is 4.79 Å². The molecule has 0 unspecified atom stereocenters. The zero-order valence-electron chi connectivity index (χ0n) is 14.2. The van der Waals surface area contributed by atoms with Gasteiger partial charge in [-0.1, -0.05) is 36.4 Å². The fourth-order valence-electron chi connectivity index (χ4n) is 2.93. The van der Waals surface area contributed by atoms with E-state index in [4.69, 9.17) is 4.74 Å². The third kappa shape index (κ3) is 2.80. The summed E-state index contributed by atoms with van der Waals surface area (Å²) < 4.78 is 5.24. The number of aromatic amines is 1. The van der Waals surface area contributed by atoms with E-state index in [1.165, 1.54) is 0 Å². The van der Waals surface area contributed by atoms with Crippen LogP contribution in [0.25, 0.3) is 10.9 Å². The van der Waals surface area contributed by atoms with Crippen molar-refractivity contribution in [2.24, 2.45) is 0 Å². The van der Waals surface area contributed by atoms with Crippen molar-refractivity contribution in [2.75, 3.05) is 12.0 Å². The first-order chi connectivity index (χ1) is 12.8. The minimum atomic E-state index is -0.196. The number of hydrogen-bond acceptors (Lipinski definition) is 3. The molecule has 3 aromatic carbocycles. The molecule has 0 radical (unpaired) electrons. The third-order valence-corrected chi connectivity index (χ3v) is 4.20. The number of methoxy groups -OCH3 is 1. The van der Waals surface area contributed by atoms with Crippen LogP contribution in [-0.2, 0) is 0 Å². The fraction of sp³-hybridized carbons (Fsp3) is 0.0476. The van der Waals surface area contributed by atoms with Gasteiger partial charge in [0.25, 0.3) is 5.91 Å². The molecule has 1 amide bonds. The van der Waals surface area contributed by atoms with E-state index in [0.29, 0.717) is 11.4 Å². The van der Waals surface area contributed by atoms with Crippen LogP contribution in [0.1, 0.15) is 10.5 Å². The largest absolute Gasteiger partial charge is 0.497 e. The lowest BCUT2D eigenvalue weighted by Crippen LogP contribution is -2.26. The number of para-hydroxylation sites is 2. The van der Waals surface area contributed by atoms with Gasteiger partial charge in [-0.15, -0.1) is 0 Å². The average Bonchev–Trinajstić information content (AvgIpc) is 3.13. The topological polar surface area (TPSA) is 58.2 Å². The van der Waals surface area contributed by atoms with Gasteiger partial charge in [0.2, 0.25) is 0 Å². The monoisotopic (exact) mass is 343 g/mol. The number of anilines is 2. The van der Waals surface area contributed by atoms with E-state index in [2.05, 4.69) is 10.2 Å². The molecule has 0 aliphatic carbocycles. The van der Waals surface area contributed by atoms with Crippen molar-refractivity contribution in [1.82, 2.24) is 10.2 Å². The summed E-state index contributed by atoms with van der Waals surface area (Å²) in [6.07, 6.45) is 0. The van der Waals surface area contributed by atoms with Crippen molar-refractivity contribution in [1.29, 1.82) is 0 Å². The van der Waals surface area contributed by atoms with Gasteiger partial charge < -0.3 is 4.74 Å². The highest BCUT2D eigenvalue weighted by atomic mass is 16.5. The van der Waals surface area contributed by atoms with Crippen LogP contribution in [-0.4, -0.2) is 23.2 Å². The molecule has 4 aromatic rings. The maximum Gasteiger partial charge on any atom is 0.283 e. The van der Waals surface area contributed by atoms with E-state index in [1.54, 1.807) is 12.0 Å². The normalized spacial score (nSPS) is 10.7. The lowest BCUT2D eigenvalue weighted by atomic mass is 10.1. The number of amides is 1. The van der Waals surface area contributed by atoms with Crippen molar-refractivity contribution >= 4 is 28.2 Å². The van der Waals surface area contributed by atoms with Gasteiger partial charge in [0.15, 0.2) is 5.69 Å². The van der Waals surface area contributed by atoms with E-state index in [1.807, 2.05) is 78.9 Å². The molecule has 0 bridgehead atoms. The number of H-pyrrole nitrogens is 1. The number of nitrogens with one attached hydrogen (secondary N) is 1. The maximum atomic E-state index is 13.4. The van der Waals surface area contributed by atoms with Crippen LogP contribution in [0.15, 0.2) is 78.9 Å². The highest BCUT2D eigenvalue weighted by Gasteiger charge is 2.24. The van der Waals surface area contributed by atoms with Crippen molar-refractivity contribution < 1.29 is 9.53 Å². The summed E-state index contributed by atoms with van der Waals surface area (Å²) in [4.78, 5) is 15.1. The van der Waals surface area contributed by atoms with E-state index < -0.39 is 0 Å². The molecule has 0 saturated carbocycles. The highest BCUT2D eigenvalue weighted by Crippen LogP contribution is 2.29. The molecule has 0 atom stereocenters. The molecule has 26 heavy (non-hydrogen) atoms. The average molecular weight is 343 g/mol. The molecule has 1 N–H and O–H groups in total. The second kappa shape index (κ2) is 6.72. The standard InChI is InChI=1S/C21H17N3O2/c1-26-17-12-13-18-19(14-17)22-23-20(18)21(25)24(15-8-4-2-5-9-15)16-10-6-3-7-11-16/h2-14H,1H3,(H,22,23). The summed E-state index contributed by atoms with van der Waals surface area (Å²) in [5.41, 5.74) is 2.70. The predicted octanol–water partition coefficient (Wildman–Crippen LogP) is 4.55. The summed E-state index contributed by atoms with van der Waals surface area (Å²) >= 11 is 0. The second-order valence-corrected chi connectivity index (χ2v) is 5.80. The smallest absolute Gasteiger partial charge is 0.283 e. The van der Waals surface area contributed by atoms with Crippen LogP contribution in [0.4, 0.5) is 11.4 Å². The number of benzene rings is 3. The lowest BCUT2D eigenvalue weighted by Gasteiger charge is -2.22. The fourth-order valence-corrected chi connectivity index (χ4v) is 2.93. The van der Waals surface area contributed by atoms with Gasteiger partial charge in [0.1, 0.15) is 5.75 Å². The van der Waals surface area contributed by atoms with Gasteiger partial charge in [0.05, 0.1) is 12.6 Å². The molecule has 4 rings (SSSR count). The van der Waals surface area contributed by atoms with Crippen LogP contribution < -0.4 is 9.64 Å². The minimum absolute atomic E-state index is 0.196. The van der Waals surface area contributed by atoms with Crippen LogP contribution >= 0.6 is 0 Å². The van der Waals surface area contributed by atoms with Crippen LogP contribution in [0.3, 0.4) is 0 Å². The van der Waals surface area contributed by atoms with Crippen molar-refractivity contribution in [2.45, 2.75) is 0 Å². The Labute approximate surface area is 150 Å². The molecule has 0 spiro atoms. The first kappa shape index (κ1) is 15.9. The van der Waals surface area contributed by atoms with Gasteiger partial charge >= 0.3 is 0 Å². The first-order valence-electron chi connectivity index (χ1n) is 8.24. The number of fused-ring (bicyclic) bond motifs is 1. The molecule has 5 heteroatoms. The molecule has 5 nitrogen and oxygen atoms in total. The van der Waals surface area contributed by atoms with Gasteiger partial charge in [-0.2, -0.15) is 5.10 Å². The number of ether oxygens (including phenoxy) is 1. The van der Waals surface area contributed by atoms with Crippen molar-refractivity contribution in [3.63, 3.8) is 0 Å². The molecule has 128 valence electrons. The van der Waals surface area contributed by atoms with Gasteiger partial charge in [0, 0.05) is 22.8 Å². The Bertz CT molecular complexity index is 1000. The molecule has 0 fully saturated rings. The Kier molecular flexibility index (Phi) is 4.11. The highest BCUT2D eigenvalue weighted by molar-refractivity contribution is 6.15. The Hall–Kier alpha value is -3.60. The van der Waals surface area contributed by atoms with Crippen molar-refractivity contribution in [3.8, 4) is 5.75 Å². The zero-order valence-corrected chi connectivity index (χ0v) is 14.2. The summed E-state index contributed by atoms with van der Waals surface area (Å²) in [6, 6.07) is 24.6. The Balaban J connectivity index is 1.83. The molecule has 1 heterocycles. The second-order valence-electron chi connectivity index (χ2n) is 5.80. The summed E-state index contributed by atoms with van der Waals surface area (Å²) in [5.74, 6) is 0.516. The summed E-state index contributed by atoms with van der Waals surface area (Å²) in [7, 11) is 1.61. The van der Waals surface area contributed by atoms with Crippen LogP contribution in [0, 0.1) is 0 Å². The van der Waals surface area contributed by atoms with Gasteiger partial charge in [-0.05, 0) is 36.4 Å². The molecule has 0 aliphatic rings. The number of carbonyl (C=O) groups is 1. The molecular formula is C21H17N3O2. The molecule has 1 aromatic heterocycles. The molecular weight excluding hydrogens is 326 g/mol. The summed E-state index contributed by atoms with van der Waals surface area (Å²) in [5, 5.41) is 7.95. The van der Waals surface area contributed by atoms with Gasteiger partial charge in [-0.3, -0.25) is 14.8 Å². The Morgan fingerprint density at radius 3 is 2.12 bits per heavy atom. The number of rotatable bonds is 4. The van der Waals surface area contributed by atoms with Gasteiger partial charge in [-0.25, -0.2) is 0 Å². The van der Waals surface area contributed by atoms with Crippen molar-refractivity contribution in [3.05, 3.63) is 84.6 Å². The third-order valence-electron chi connectivity index (χ3n) is 4.20. The number of nitrogens with zero attached hydrogens (tertiary/aromatic N) is 2. The quantitative estimate of drug-likeness (QED) is 0.591. The predicted molar refractivity (Wildman–Crippen MR) is 102 cm³/mol. The molecule has 0 saturated heterocycles. The lowest BCUT2D eigenvalue weighted by molar-refractivity contribution is 0.0996. The van der Waals surface area contributed by atoms with Crippen LogP contribution in [0.2, 0.25) is 0 Å².